The van der Waals surface area contributed by atoms with E-state index in [0.29, 0.717) is 18.8 Å². The highest BCUT2D eigenvalue weighted by atomic mass is 16.3. The molecular weight excluding hydrogens is 292 g/mol. The highest BCUT2D eigenvalue weighted by Gasteiger charge is 2.10. The Labute approximate surface area is 133 Å². The molecule has 118 valence electrons. The van der Waals surface area contributed by atoms with Crippen molar-refractivity contribution in [2.24, 2.45) is 0 Å². The van der Waals surface area contributed by atoms with Gasteiger partial charge < -0.3 is 15.7 Å². The highest BCUT2D eigenvalue weighted by Crippen LogP contribution is 2.24. The molecular formula is C17H18N4O2. The van der Waals surface area contributed by atoms with Crippen molar-refractivity contribution in [2.45, 2.75) is 6.42 Å². The van der Waals surface area contributed by atoms with Crippen LogP contribution in [-0.2, 0) is 11.2 Å². The second kappa shape index (κ2) is 6.93. The number of aliphatic hydroxyl groups is 1. The third-order valence-corrected chi connectivity index (χ3v) is 3.47. The Bertz CT molecular complexity index is 799. The van der Waals surface area contributed by atoms with Crippen LogP contribution in [0, 0.1) is 0 Å². The first kappa shape index (κ1) is 15.1. The molecule has 3 rings (SSSR count). The molecule has 3 aromatic rings. The number of amides is 1. The van der Waals surface area contributed by atoms with Crippen LogP contribution in [0.2, 0.25) is 0 Å². The van der Waals surface area contributed by atoms with E-state index in [1.807, 2.05) is 48.5 Å². The fourth-order valence-corrected chi connectivity index (χ4v) is 2.38. The van der Waals surface area contributed by atoms with E-state index in [2.05, 4.69) is 20.8 Å². The molecule has 0 spiro atoms. The van der Waals surface area contributed by atoms with Gasteiger partial charge in [-0.3, -0.25) is 9.89 Å². The molecule has 1 aromatic heterocycles. The molecule has 0 saturated carbocycles. The maximum Gasteiger partial charge on any atom is 0.230 e. The molecule has 0 saturated heterocycles. The number of anilines is 2. The number of aliphatic hydroxyl groups excluding tert-OH is 1. The smallest absolute Gasteiger partial charge is 0.230 e. The lowest BCUT2D eigenvalue weighted by atomic mass is 10.1. The SMILES string of the molecule is O=C(Cc1ccccc1)Nc1n[nH]c2ccc(NCCO)cc12. The van der Waals surface area contributed by atoms with Crippen molar-refractivity contribution in [3.05, 3.63) is 54.1 Å². The average molecular weight is 310 g/mol. The Hall–Kier alpha value is -2.86. The number of hydrogen-bond acceptors (Lipinski definition) is 4. The standard InChI is InChI=1S/C17H18N4O2/c22-9-8-18-13-6-7-15-14(11-13)17(21-20-15)19-16(23)10-12-4-2-1-3-5-12/h1-7,11,18,22H,8-10H2,(H2,19,20,21,23). The Morgan fingerprint density at radius 3 is 2.78 bits per heavy atom. The van der Waals surface area contributed by atoms with Gasteiger partial charge in [-0.05, 0) is 23.8 Å². The predicted molar refractivity (Wildman–Crippen MR) is 90.4 cm³/mol. The van der Waals surface area contributed by atoms with E-state index in [1.54, 1.807) is 0 Å². The summed E-state index contributed by atoms with van der Waals surface area (Å²) in [4.78, 5) is 12.2. The van der Waals surface area contributed by atoms with E-state index in [4.69, 9.17) is 5.11 Å². The van der Waals surface area contributed by atoms with Crippen LogP contribution in [0.1, 0.15) is 5.56 Å². The Morgan fingerprint density at radius 2 is 2.00 bits per heavy atom. The number of rotatable bonds is 6. The lowest BCUT2D eigenvalue weighted by Crippen LogP contribution is -2.14. The topological polar surface area (TPSA) is 90.0 Å². The average Bonchev–Trinajstić information content (AvgIpc) is 2.96. The van der Waals surface area contributed by atoms with E-state index in [-0.39, 0.29) is 12.5 Å². The van der Waals surface area contributed by atoms with Crippen molar-refractivity contribution in [1.82, 2.24) is 10.2 Å². The van der Waals surface area contributed by atoms with E-state index in [1.165, 1.54) is 0 Å². The van der Waals surface area contributed by atoms with Gasteiger partial charge in [0.15, 0.2) is 5.82 Å². The number of nitrogens with one attached hydrogen (secondary N) is 3. The number of carbonyl (C=O) groups excluding carboxylic acids is 1. The van der Waals surface area contributed by atoms with Gasteiger partial charge >= 0.3 is 0 Å². The van der Waals surface area contributed by atoms with Gasteiger partial charge in [0, 0.05) is 17.6 Å². The zero-order valence-electron chi connectivity index (χ0n) is 12.5. The number of benzene rings is 2. The molecule has 0 unspecified atom stereocenters. The molecule has 6 nitrogen and oxygen atoms in total. The molecule has 2 aromatic carbocycles. The minimum Gasteiger partial charge on any atom is -0.395 e. The molecule has 0 radical (unpaired) electrons. The third-order valence-electron chi connectivity index (χ3n) is 3.47. The molecule has 0 atom stereocenters. The normalized spacial score (nSPS) is 10.7. The van der Waals surface area contributed by atoms with Gasteiger partial charge in [-0.1, -0.05) is 30.3 Å². The fraction of sp³-hybridized carbons (Fsp3) is 0.176. The van der Waals surface area contributed by atoms with Crippen LogP contribution in [-0.4, -0.2) is 34.4 Å². The van der Waals surface area contributed by atoms with Gasteiger partial charge in [0.05, 0.1) is 18.5 Å². The number of carbonyl (C=O) groups is 1. The van der Waals surface area contributed by atoms with Crippen molar-refractivity contribution in [3.63, 3.8) is 0 Å². The summed E-state index contributed by atoms with van der Waals surface area (Å²) in [5.41, 5.74) is 2.66. The summed E-state index contributed by atoms with van der Waals surface area (Å²) in [6.45, 7) is 0.531. The van der Waals surface area contributed by atoms with E-state index >= 15 is 0 Å². The van der Waals surface area contributed by atoms with Gasteiger partial charge in [-0.15, -0.1) is 0 Å². The molecule has 0 aliphatic carbocycles. The van der Waals surface area contributed by atoms with E-state index in [9.17, 15) is 4.79 Å². The first-order valence-corrected chi connectivity index (χ1v) is 7.43. The minimum atomic E-state index is -0.113. The van der Waals surface area contributed by atoms with Crippen molar-refractivity contribution >= 4 is 28.3 Å². The predicted octanol–water partition coefficient (Wildman–Crippen LogP) is 2.15. The number of aromatic amines is 1. The quantitative estimate of drug-likeness (QED) is 0.561. The molecule has 0 aliphatic rings. The summed E-state index contributed by atoms with van der Waals surface area (Å²) in [5, 5.41) is 22.7. The Balaban J connectivity index is 1.75. The van der Waals surface area contributed by atoms with Gasteiger partial charge in [-0.2, -0.15) is 5.10 Å². The van der Waals surface area contributed by atoms with Gasteiger partial charge in [-0.25, -0.2) is 0 Å². The molecule has 0 fully saturated rings. The number of fused-ring (bicyclic) bond motifs is 1. The molecule has 6 heteroatoms. The molecule has 0 aliphatic heterocycles. The summed E-state index contributed by atoms with van der Waals surface area (Å²) in [5.74, 6) is 0.395. The third kappa shape index (κ3) is 3.67. The maximum absolute atomic E-state index is 12.2. The first-order chi connectivity index (χ1) is 11.3. The molecule has 0 bridgehead atoms. The Morgan fingerprint density at radius 1 is 1.17 bits per heavy atom. The number of hydrogen-bond donors (Lipinski definition) is 4. The van der Waals surface area contributed by atoms with Gasteiger partial charge in [0.1, 0.15) is 0 Å². The van der Waals surface area contributed by atoms with Crippen molar-refractivity contribution in [2.75, 3.05) is 23.8 Å². The maximum atomic E-state index is 12.2. The zero-order chi connectivity index (χ0) is 16.1. The largest absolute Gasteiger partial charge is 0.395 e. The van der Waals surface area contributed by atoms with E-state index < -0.39 is 0 Å². The molecule has 4 N–H and O–H groups in total. The summed E-state index contributed by atoms with van der Waals surface area (Å²) in [6.07, 6.45) is 0.303. The summed E-state index contributed by atoms with van der Waals surface area (Å²) >= 11 is 0. The minimum absolute atomic E-state index is 0.0596. The summed E-state index contributed by atoms with van der Waals surface area (Å²) in [6, 6.07) is 15.2. The molecule has 1 heterocycles. The lowest BCUT2D eigenvalue weighted by molar-refractivity contribution is -0.115. The van der Waals surface area contributed by atoms with Gasteiger partial charge in [0.2, 0.25) is 5.91 Å². The second-order valence-corrected chi connectivity index (χ2v) is 5.19. The van der Waals surface area contributed by atoms with Crippen LogP contribution in [0.5, 0.6) is 0 Å². The van der Waals surface area contributed by atoms with Crippen molar-refractivity contribution in [3.8, 4) is 0 Å². The summed E-state index contributed by atoms with van der Waals surface area (Å²) in [7, 11) is 0. The number of H-pyrrole nitrogens is 1. The van der Waals surface area contributed by atoms with E-state index in [0.717, 1.165) is 22.2 Å². The Kier molecular flexibility index (Phi) is 4.54. The second-order valence-electron chi connectivity index (χ2n) is 5.19. The molecule has 23 heavy (non-hydrogen) atoms. The van der Waals surface area contributed by atoms with Crippen LogP contribution in [0.25, 0.3) is 10.9 Å². The van der Waals surface area contributed by atoms with Crippen LogP contribution in [0.4, 0.5) is 11.5 Å². The van der Waals surface area contributed by atoms with Crippen LogP contribution in [0.3, 0.4) is 0 Å². The fourth-order valence-electron chi connectivity index (χ4n) is 2.38. The van der Waals surface area contributed by atoms with Crippen molar-refractivity contribution in [1.29, 1.82) is 0 Å². The summed E-state index contributed by atoms with van der Waals surface area (Å²) < 4.78 is 0. The molecule has 1 amide bonds. The van der Waals surface area contributed by atoms with Gasteiger partial charge in [0.25, 0.3) is 0 Å². The highest BCUT2D eigenvalue weighted by molar-refractivity contribution is 6.01. The monoisotopic (exact) mass is 310 g/mol. The number of aromatic nitrogens is 2. The zero-order valence-corrected chi connectivity index (χ0v) is 12.5. The van der Waals surface area contributed by atoms with Crippen LogP contribution >= 0.6 is 0 Å². The first-order valence-electron chi connectivity index (χ1n) is 7.43. The van der Waals surface area contributed by atoms with Crippen LogP contribution in [0.15, 0.2) is 48.5 Å². The van der Waals surface area contributed by atoms with Crippen LogP contribution < -0.4 is 10.6 Å². The van der Waals surface area contributed by atoms with Crippen molar-refractivity contribution < 1.29 is 9.90 Å². The lowest BCUT2D eigenvalue weighted by Gasteiger charge is -2.05. The number of nitrogens with zero attached hydrogens (tertiary/aromatic N) is 1.